The van der Waals surface area contributed by atoms with Crippen molar-refractivity contribution in [2.45, 2.75) is 64.2 Å². The van der Waals surface area contributed by atoms with Crippen molar-refractivity contribution in [1.82, 2.24) is 0 Å². The van der Waals surface area contributed by atoms with Crippen molar-refractivity contribution < 1.29 is 24.5 Å². The van der Waals surface area contributed by atoms with Crippen LogP contribution in [0.3, 0.4) is 0 Å². The normalized spacial score (nSPS) is 14.9. The number of aliphatic hydroxyl groups excluding tert-OH is 1. The topological polar surface area (TPSA) is 110 Å². The summed E-state index contributed by atoms with van der Waals surface area (Å²) in [5.41, 5.74) is 5.04. The maximum Gasteiger partial charge on any atom is 0.323 e. The number of carboxylic acid groups (broad SMARTS) is 1. The van der Waals surface area contributed by atoms with Crippen molar-refractivity contribution >= 4 is 11.9 Å². The highest BCUT2D eigenvalue weighted by molar-refractivity contribution is 5.75. The minimum absolute atomic E-state index is 0.0944. The van der Waals surface area contributed by atoms with Gasteiger partial charge in [0.25, 0.3) is 0 Å². The lowest BCUT2D eigenvalue weighted by molar-refractivity contribution is -0.156. The van der Waals surface area contributed by atoms with E-state index < -0.39 is 29.7 Å². The fourth-order valence-electron chi connectivity index (χ4n) is 1.30. The Morgan fingerprint density at radius 3 is 2.22 bits per heavy atom. The van der Waals surface area contributed by atoms with Crippen LogP contribution in [0.15, 0.2) is 0 Å². The Bertz CT molecular complexity index is 285. The van der Waals surface area contributed by atoms with Gasteiger partial charge < -0.3 is 20.7 Å². The van der Waals surface area contributed by atoms with Crippen LogP contribution in [0.25, 0.3) is 0 Å². The van der Waals surface area contributed by atoms with Gasteiger partial charge in [-0.2, -0.15) is 0 Å². The van der Waals surface area contributed by atoms with Crippen LogP contribution < -0.4 is 5.73 Å². The molecule has 18 heavy (non-hydrogen) atoms. The first-order chi connectivity index (χ1) is 8.11. The Hall–Kier alpha value is -1.14. The third-order valence-electron chi connectivity index (χ3n) is 2.21. The molecule has 4 N–H and O–H groups in total. The first-order valence-corrected chi connectivity index (χ1v) is 6.00. The van der Waals surface area contributed by atoms with Crippen LogP contribution in [0.4, 0.5) is 0 Å². The molecule has 0 amide bonds. The molecule has 0 spiro atoms. The Balaban J connectivity index is 3.91. The van der Waals surface area contributed by atoms with E-state index in [1.165, 1.54) is 0 Å². The van der Waals surface area contributed by atoms with Gasteiger partial charge in [-0.15, -0.1) is 0 Å². The standard InChI is InChI=1S/C12H23NO5/c1-12(2,3)18-11(17)9(13)6-4-8(14)5-7-10(15)16/h8-9,14H,4-7,13H2,1-3H3,(H,15,16)/t8?,9-/m0/s1. The maximum atomic E-state index is 11.5. The van der Waals surface area contributed by atoms with E-state index in [0.717, 1.165) is 0 Å². The van der Waals surface area contributed by atoms with Gasteiger partial charge in [0.2, 0.25) is 0 Å². The van der Waals surface area contributed by atoms with Crippen LogP contribution in [0.2, 0.25) is 0 Å². The predicted molar refractivity (Wildman–Crippen MR) is 65.9 cm³/mol. The van der Waals surface area contributed by atoms with E-state index in [1.807, 2.05) is 0 Å². The van der Waals surface area contributed by atoms with E-state index in [0.29, 0.717) is 0 Å². The highest BCUT2D eigenvalue weighted by Gasteiger charge is 2.22. The molecule has 0 heterocycles. The van der Waals surface area contributed by atoms with E-state index in [1.54, 1.807) is 20.8 Å². The van der Waals surface area contributed by atoms with Crippen LogP contribution in [0, 0.1) is 0 Å². The van der Waals surface area contributed by atoms with Gasteiger partial charge in [0.1, 0.15) is 11.6 Å². The maximum absolute atomic E-state index is 11.5. The zero-order chi connectivity index (χ0) is 14.3. The molecular weight excluding hydrogens is 238 g/mol. The number of hydrogen-bond acceptors (Lipinski definition) is 5. The molecule has 0 aliphatic rings. The smallest absolute Gasteiger partial charge is 0.323 e. The summed E-state index contributed by atoms with van der Waals surface area (Å²) in [5, 5.41) is 17.9. The number of hydrogen-bond donors (Lipinski definition) is 3. The zero-order valence-corrected chi connectivity index (χ0v) is 11.2. The lowest BCUT2D eigenvalue weighted by Crippen LogP contribution is -2.37. The van der Waals surface area contributed by atoms with E-state index in [2.05, 4.69) is 0 Å². The van der Waals surface area contributed by atoms with Crippen molar-refractivity contribution in [3.63, 3.8) is 0 Å². The molecule has 106 valence electrons. The Morgan fingerprint density at radius 2 is 1.78 bits per heavy atom. The van der Waals surface area contributed by atoms with Gasteiger partial charge in [-0.05, 0) is 40.0 Å². The number of aliphatic hydroxyl groups is 1. The SMILES string of the molecule is CC(C)(C)OC(=O)[C@@H](N)CCC(O)CCC(=O)O. The van der Waals surface area contributed by atoms with Crippen molar-refractivity contribution in [3.05, 3.63) is 0 Å². The summed E-state index contributed by atoms with van der Waals surface area (Å²) >= 11 is 0. The molecule has 0 saturated carbocycles. The second-order valence-corrected chi connectivity index (χ2v) is 5.30. The van der Waals surface area contributed by atoms with Gasteiger partial charge >= 0.3 is 11.9 Å². The Kier molecular flexibility index (Phi) is 6.86. The number of nitrogens with two attached hydrogens (primary N) is 1. The number of ether oxygens (including phenoxy) is 1. The second kappa shape index (κ2) is 7.33. The van der Waals surface area contributed by atoms with Crippen LogP contribution in [-0.4, -0.2) is 39.9 Å². The van der Waals surface area contributed by atoms with Crippen LogP contribution in [-0.2, 0) is 14.3 Å². The van der Waals surface area contributed by atoms with Crippen LogP contribution in [0.5, 0.6) is 0 Å². The summed E-state index contributed by atoms with van der Waals surface area (Å²) in [6, 6.07) is -0.788. The minimum Gasteiger partial charge on any atom is -0.481 e. The third kappa shape index (κ3) is 8.95. The summed E-state index contributed by atoms with van der Waals surface area (Å²) in [7, 11) is 0. The highest BCUT2D eigenvalue weighted by atomic mass is 16.6. The highest BCUT2D eigenvalue weighted by Crippen LogP contribution is 2.11. The van der Waals surface area contributed by atoms with Gasteiger partial charge in [-0.1, -0.05) is 0 Å². The first-order valence-electron chi connectivity index (χ1n) is 6.00. The van der Waals surface area contributed by atoms with Crippen molar-refractivity contribution in [3.8, 4) is 0 Å². The molecule has 2 atom stereocenters. The lowest BCUT2D eigenvalue weighted by atomic mass is 10.0. The van der Waals surface area contributed by atoms with Gasteiger partial charge in [-0.25, -0.2) is 0 Å². The van der Waals surface area contributed by atoms with Gasteiger partial charge in [0.15, 0.2) is 0 Å². The summed E-state index contributed by atoms with van der Waals surface area (Å²) < 4.78 is 5.09. The van der Waals surface area contributed by atoms with E-state index in [-0.39, 0.29) is 25.7 Å². The minimum atomic E-state index is -0.953. The number of rotatable bonds is 7. The van der Waals surface area contributed by atoms with Crippen molar-refractivity contribution in [2.24, 2.45) is 5.73 Å². The summed E-state index contributed by atoms with van der Waals surface area (Å²) in [6.07, 6.45) is -0.127. The molecule has 0 aliphatic carbocycles. The van der Waals surface area contributed by atoms with Gasteiger partial charge in [0, 0.05) is 6.42 Å². The van der Waals surface area contributed by atoms with Crippen molar-refractivity contribution in [1.29, 1.82) is 0 Å². The first kappa shape index (κ1) is 16.9. The molecule has 0 saturated heterocycles. The summed E-state index contributed by atoms with van der Waals surface area (Å²) in [5.74, 6) is -1.46. The van der Waals surface area contributed by atoms with Crippen molar-refractivity contribution in [2.75, 3.05) is 0 Å². The number of carbonyl (C=O) groups is 2. The molecule has 6 nitrogen and oxygen atoms in total. The zero-order valence-electron chi connectivity index (χ0n) is 11.2. The number of esters is 1. The second-order valence-electron chi connectivity index (χ2n) is 5.30. The van der Waals surface area contributed by atoms with E-state index >= 15 is 0 Å². The molecule has 0 aromatic rings. The Labute approximate surface area is 107 Å². The average Bonchev–Trinajstić information content (AvgIpc) is 2.20. The molecule has 1 unspecified atom stereocenters. The van der Waals surface area contributed by atoms with E-state index in [9.17, 15) is 14.7 Å². The fraction of sp³-hybridized carbons (Fsp3) is 0.833. The quantitative estimate of drug-likeness (QED) is 0.581. The summed E-state index contributed by atoms with van der Waals surface area (Å²) in [6.45, 7) is 5.25. The number of carbonyl (C=O) groups excluding carboxylic acids is 1. The molecule has 0 aromatic carbocycles. The molecule has 6 heteroatoms. The van der Waals surface area contributed by atoms with Crippen LogP contribution in [0.1, 0.15) is 46.5 Å². The molecule has 0 fully saturated rings. The molecule has 0 radical (unpaired) electrons. The molecule has 0 aliphatic heterocycles. The Morgan fingerprint density at radius 1 is 1.22 bits per heavy atom. The lowest BCUT2D eigenvalue weighted by Gasteiger charge is -2.22. The number of carboxylic acids is 1. The number of aliphatic carboxylic acids is 1. The summed E-state index contributed by atoms with van der Waals surface area (Å²) in [4.78, 5) is 21.8. The predicted octanol–water partition coefficient (Wildman–Crippen LogP) is 0.661. The molecule has 0 bridgehead atoms. The van der Waals surface area contributed by atoms with Gasteiger partial charge in [-0.3, -0.25) is 9.59 Å². The molecule has 0 aromatic heterocycles. The fourth-order valence-corrected chi connectivity index (χ4v) is 1.30. The van der Waals surface area contributed by atoms with Crippen LogP contribution >= 0.6 is 0 Å². The van der Waals surface area contributed by atoms with E-state index in [4.69, 9.17) is 15.6 Å². The third-order valence-corrected chi connectivity index (χ3v) is 2.21. The monoisotopic (exact) mass is 261 g/mol. The van der Waals surface area contributed by atoms with Gasteiger partial charge in [0.05, 0.1) is 6.10 Å². The average molecular weight is 261 g/mol. The molecular formula is C12H23NO5. The molecule has 0 rings (SSSR count). The largest absolute Gasteiger partial charge is 0.481 e.